The number of piperidine rings is 1. The maximum atomic E-state index is 11.4. The van der Waals surface area contributed by atoms with Gasteiger partial charge in [-0.25, -0.2) is 12.7 Å². The SMILES string of the molecule is CS(=O)(=O)N1CCC(NCc2cccc([N+](=O)[O-])c2)CC1. The number of nitrogens with zero attached hydrogens (tertiary/aromatic N) is 2. The lowest BCUT2D eigenvalue weighted by atomic mass is 10.1. The fourth-order valence-corrected chi connectivity index (χ4v) is 3.31. The summed E-state index contributed by atoms with van der Waals surface area (Å²) in [5.41, 5.74) is 0.941. The van der Waals surface area contributed by atoms with E-state index in [4.69, 9.17) is 0 Å². The van der Waals surface area contributed by atoms with Gasteiger partial charge in [0.15, 0.2) is 0 Å². The molecule has 0 atom stereocenters. The molecule has 0 aromatic heterocycles. The van der Waals surface area contributed by atoms with Crippen LogP contribution in [0.25, 0.3) is 0 Å². The Labute approximate surface area is 124 Å². The molecule has 1 fully saturated rings. The van der Waals surface area contributed by atoms with E-state index in [1.165, 1.54) is 16.6 Å². The Morgan fingerprint density at radius 1 is 1.38 bits per heavy atom. The lowest BCUT2D eigenvalue weighted by molar-refractivity contribution is -0.384. The van der Waals surface area contributed by atoms with Crippen molar-refractivity contribution >= 4 is 15.7 Å². The number of hydrogen-bond donors (Lipinski definition) is 1. The molecule has 1 aromatic rings. The molecule has 0 radical (unpaired) electrons. The monoisotopic (exact) mass is 313 g/mol. The molecule has 0 saturated carbocycles. The second-order valence-corrected chi connectivity index (χ2v) is 7.23. The summed E-state index contributed by atoms with van der Waals surface area (Å²) in [6.45, 7) is 1.59. The van der Waals surface area contributed by atoms with Crippen molar-refractivity contribution < 1.29 is 13.3 Å². The van der Waals surface area contributed by atoms with Gasteiger partial charge >= 0.3 is 0 Å². The highest BCUT2D eigenvalue weighted by atomic mass is 32.2. The Bertz CT molecular complexity index is 610. The van der Waals surface area contributed by atoms with Gasteiger partial charge in [0.25, 0.3) is 5.69 Å². The molecule has 1 aromatic carbocycles. The van der Waals surface area contributed by atoms with Gasteiger partial charge < -0.3 is 5.32 Å². The lowest BCUT2D eigenvalue weighted by Crippen LogP contribution is -2.44. The highest BCUT2D eigenvalue weighted by molar-refractivity contribution is 7.88. The van der Waals surface area contributed by atoms with Crippen LogP contribution in [0.4, 0.5) is 5.69 Å². The fourth-order valence-electron chi connectivity index (χ4n) is 2.43. The minimum absolute atomic E-state index is 0.0844. The number of sulfonamides is 1. The van der Waals surface area contributed by atoms with Gasteiger partial charge in [0, 0.05) is 37.8 Å². The molecule has 7 nitrogen and oxygen atoms in total. The minimum Gasteiger partial charge on any atom is -0.310 e. The zero-order valence-corrected chi connectivity index (χ0v) is 12.7. The van der Waals surface area contributed by atoms with Crippen molar-refractivity contribution in [1.29, 1.82) is 0 Å². The summed E-state index contributed by atoms with van der Waals surface area (Å²) in [4.78, 5) is 10.3. The Morgan fingerprint density at radius 3 is 2.62 bits per heavy atom. The average molecular weight is 313 g/mol. The van der Waals surface area contributed by atoms with Crippen molar-refractivity contribution in [1.82, 2.24) is 9.62 Å². The smallest absolute Gasteiger partial charge is 0.269 e. The molecule has 116 valence electrons. The standard InChI is InChI=1S/C13H19N3O4S/c1-21(19,20)15-7-5-12(6-8-15)14-10-11-3-2-4-13(9-11)16(17)18/h2-4,9,12,14H,5-8,10H2,1H3. The first-order valence-electron chi connectivity index (χ1n) is 6.78. The predicted molar refractivity (Wildman–Crippen MR) is 79.4 cm³/mol. The van der Waals surface area contributed by atoms with Crippen molar-refractivity contribution in [3.05, 3.63) is 39.9 Å². The summed E-state index contributed by atoms with van der Waals surface area (Å²) in [7, 11) is -3.10. The van der Waals surface area contributed by atoms with Crippen molar-refractivity contribution in [2.24, 2.45) is 0 Å². The fraction of sp³-hybridized carbons (Fsp3) is 0.538. The van der Waals surface area contributed by atoms with Gasteiger partial charge in [0.05, 0.1) is 11.2 Å². The molecule has 1 heterocycles. The van der Waals surface area contributed by atoms with E-state index >= 15 is 0 Å². The molecule has 0 amide bonds. The van der Waals surface area contributed by atoms with Crippen LogP contribution in [0.2, 0.25) is 0 Å². The van der Waals surface area contributed by atoms with Gasteiger partial charge in [-0.2, -0.15) is 0 Å². The number of nitro groups is 1. The van der Waals surface area contributed by atoms with Crippen molar-refractivity contribution in [2.45, 2.75) is 25.4 Å². The molecular weight excluding hydrogens is 294 g/mol. The summed E-state index contributed by atoms with van der Waals surface area (Å²) in [6.07, 6.45) is 2.73. The first kappa shape index (κ1) is 15.9. The van der Waals surface area contributed by atoms with Gasteiger partial charge in [0.1, 0.15) is 0 Å². The van der Waals surface area contributed by atoms with Gasteiger partial charge in [-0.15, -0.1) is 0 Å². The summed E-state index contributed by atoms with van der Waals surface area (Å²) in [5, 5.41) is 14.0. The van der Waals surface area contributed by atoms with Crippen LogP contribution in [0.15, 0.2) is 24.3 Å². The van der Waals surface area contributed by atoms with E-state index in [1.807, 2.05) is 6.07 Å². The van der Waals surface area contributed by atoms with Gasteiger partial charge in [-0.3, -0.25) is 10.1 Å². The number of benzene rings is 1. The van der Waals surface area contributed by atoms with Crippen molar-refractivity contribution in [3.63, 3.8) is 0 Å². The zero-order valence-electron chi connectivity index (χ0n) is 11.9. The number of rotatable bonds is 5. The Morgan fingerprint density at radius 2 is 2.05 bits per heavy atom. The predicted octanol–water partition coefficient (Wildman–Crippen LogP) is 1.11. The largest absolute Gasteiger partial charge is 0.310 e. The normalized spacial score (nSPS) is 17.8. The Balaban J connectivity index is 1.85. The molecule has 21 heavy (non-hydrogen) atoms. The third kappa shape index (κ3) is 4.48. The van der Waals surface area contributed by atoms with E-state index in [-0.39, 0.29) is 11.7 Å². The molecule has 2 rings (SSSR count). The molecule has 0 unspecified atom stereocenters. The highest BCUT2D eigenvalue weighted by Crippen LogP contribution is 2.16. The van der Waals surface area contributed by atoms with E-state index in [0.29, 0.717) is 19.6 Å². The molecule has 0 aliphatic carbocycles. The number of hydrogen-bond acceptors (Lipinski definition) is 5. The molecule has 1 aliphatic heterocycles. The molecule has 0 bridgehead atoms. The molecule has 1 aliphatic rings. The quantitative estimate of drug-likeness (QED) is 0.649. The topological polar surface area (TPSA) is 92.6 Å². The maximum absolute atomic E-state index is 11.4. The van der Waals surface area contributed by atoms with Gasteiger partial charge in [0.2, 0.25) is 10.0 Å². The summed E-state index contributed by atoms with van der Waals surface area (Å²) in [5.74, 6) is 0. The second kappa shape index (κ2) is 6.50. The van der Waals surface area contributed by atoms with E-state index < -0.39 is 14.9 Å². The van der Waals surface area contributed by atoms with Crippen LogP contribution in [0, 0.1) is 10.1 Å². The van der Waals surface area contributed by atoms with E-state index in [1.54, 1.807) is 12.1 Å². The van der Waals surface area contributed by atoms with Crippen LogP contribution in [-0.4, -0.2) is 43.0 Å². The third-order valence-corrected chi connectivity index (χ3v) is 4.94. The average Bonchev–Trinajstić information content (AvgIpc) is 2.45. The first-order valence-corrected chi connectivity index (χ1v) is 8.63. The van der Waals surface area contributed by atoms with Crippen LogP contribution in [0.1, 0.15) is 18.4 Å². The highest BCUT2D eigenvalue weighted by Gasteiger charge is 2.24. The van der Waals surface area contributed by atoms with Crippen LogP contribution >= 0.6 is 0 Å². The number of non-ortho nitro benzene ring substituents is 1. The van der Waals surface area contributed by atoms with Crippen molar-refractivity contribution in [2.75, 3.05) is 19.3 Å². The van der Waals surface area contributed by atoms with Crippen LogP contribution in [-0.2, 0) is 16.6 Å². The Kier molecular flexibility index (Phi) is 4.92. The number of nitrogens with one attached hydrogen (secondary N) is 1. The van der Waals surface area contributed by atoms with E-state index in [9.17, 15) is 18.5 Å². The van der Waals surface area contributed by atoms with Crippen LogP contribution in [0.3, 0.4) is 0 Å². The van der Waals surface area contributed by atoms with Gasteiger partial charge in [-0.1, -0.05) is 12.1 Å². The molecular formula is C13H19N3O4S. The molecule has 1 N–H and O–H groups in total. The third-order valence-electron chi connectivity index (χ3n) is 3.64. The molecule has 1 saturated heterocycles. The summed E-state index contributed by atoms with van der Waals surface area (Å²) >= 11 is 0. The minimum atomic E-state index is -3.10. The van der Waals surface area contributed by atoms with E-state index in [2.05, 4.69) is 5.32 Å². The molecule has 8 heteroatoms. The Hall–Kier alpha value is -1.51. The van der Waals surface area contributed by atoms with Crippen molar-refractivity contribution in [3.8, 4) is 0 Å². The first-order chi connectivity index (χ1) is 9.86. The summed E-state index contributed by atoms with van der Waals surface area (Å²) < 4.78 is 24.3. The van der Waals surface area contributed by atoms with Crippen LogP contribution < -0.4 is 5.32 Å². The lowest BCUT2D eigenvalue weighted by Gasteiger charge is -2.30. The zero-order chi connectivity index (χ0) is 15.5. The van der Waals surface area contributed by atoms with Gasteiger partial charge in [-0.05, 0) is 18.4 Å². The second-order valence-electron chi connectivity index (χ2n) is 5.24. The molecule has 0 spiro atoms. The maximum Gasteiger partial charge on any atom is 0.269 e. The van der Waals surface area contributed by atoms with E-state index in [0.717, 1.165) is 18.4 Å². The summed E-state index contributed by atoms with van der Waals surface area (Å²) in [6, 6.07) is 6.77. The van der Waals surface area contributed by atoms with Crippen LogP contribution in [0.5, 0.6) is 0 Å². The number of nitro benzene ring substituents is 1.